The number of pyridine rings is 1. The monoisotopic (exact) mass is 313 g/mol. The van der Waals surface area contributed by atoms with Gasteiger partial charge in [0.1, 0.15) is 17.3 Å². The van der Waals surface area contributed by atoms with Crippen LogP contribution in [0.25, 0.3) is 10.9 Å². The van der Waals surface area contributed by atoms with E-state index in [1.54, 1.807) is 18.2 Å². The van der Waals surface area contributed by atoms with E-state index in [1.807, 2.05) is 6.07 Å². The van der Waals surface area contributed by atoms with Crippen molar-refractivity contribution in [2.45, 2.75) is 12.6 Å². The summed E-state index contributed by atoms with van der Waals surface area (Å²) < 4.78 is 5.34. The van der Waals surface area contributed by atoms with Gasteiger partial charge >= 0.3 is 0 Å². The van der Waals surface area contributed by atoms with E-state index in [-0.39, 0.29) is 11.3 Å². The standard InChI is InChI=1S/C17H17N2O4/c1-10-2-3-11(23-10)8-18-9-15(21)12-4-6-14(20)17-13(12)5-7-16(22)19-17/h2-7,15,18,20-21H,1,8-9H2,(H,19,22)/t15-/m0/s1. The minimum Gasteiger partial charge on any atom is -0.506 e. The summed E-state index contributed by atoms with van der Waals surface area (Å²) in [4.78, 5) is 14.0. The van der Waals surface area contributed by atoms with Gasteiger partial charge in [-0.1, -0.05) is 6.07 Å². The lowest BCUT2D eigenvalue weighted by atomic mass is 10.0. The molecule has 3 aromatic rings. The van der Waals surface area contributed by atoms with E-state index in [9.17, 15) is 15.0 Å². The van der Waals surface area contributed by atoms with Gasteiger partial charge in [-0.3, -0.25) is 4.79 Å². The van der Waals surface area contributed by atoms with Crippen LogP contribution in [-0.2, 0) is 6.54 Å². The first-order valence-corrected chi connectivity index (χ1v) is 7.19. The van der Waals surface area contributed by atoms with Gasteiger partial charge in [0.05, 0.1) is 18.2 Å². The Bertz CT molecular complexity index is 882. The molecule has 2 aromatic heterocycles. The molecule has 0 aliphatic rings. The Kier molecular flexibility index (Phi) is 4.18. The summed E-state index contributed by atoms with van der Waals surface area (Å²) in [5.74, 6) is 1.30. The van der Waals surface area contributed by atoms with E-state index in [2.05, 4.69) is 17.2 Å². The molecule has 6 heteroatoms. The van der Waals surface area contributed by atoms with Gasteiger partial charge in [-0.15, -0.1) is 0 Å². The van der Waals surface area contributed by atoms with E-state index in [4.69, 9.17) is 4.42 Å². The lowest BCUT2D eigenvalue weighted by molar-refractivity contribution is 0.175. The molecule has 0 saturated heterocycles. The number of rotatable bonds is 5. The van der Waals surface area contributed by atoms with Crippen molar-refractivity contribution < 1.29 is 14.6 Å². The summed E-state index contributed by atoms with van der Waals surface area (Å²) in [5, 5.41) is 23.9. The number of H-pyrrole nitrogens is 1. The number of nitrogens with one attached hydrogen (secondary N) is 2. The molecule has 3 rings (SSSR count). The zero-order valence-electron chi connectivity index (χ0n) is 12.4. The zero-order chi connectivity index (χ0) is 16.4. The molecular weight excluding hydrogens is 296 g/mol. The Balaban J connectivity index is 1.77. The predicted molar refractivity (Wildman–Crippen MR) is 86.1 cm³/mol. The third-order valence-corrected chi connectivity index (χ3v) is 3.62. The Hall–Kier alpha value is -2.57. The zero-order valence-corrected chi connectivity index (χ0v) is 12.4. The number of aromatic nitrogens is 1. The summed E-state index contributed by atoms with van der Waals surface area (Å²) in [7, 11) is 0. The molecule has 0 saturated carbocycles. The van der Waals surface area contributed by atoms with Crippen molar-refractivity contribution in [3.8, 4) is 5.75 Å². The Morgan fingerprint density at radius 2 is 2.04 bits per heavy atom. The highest BCUT2D eigenvalue weighted by molar-refractivity contribution is 5.87. The molecule has 6 nitrogen and oxygen atoms in total. The molecule has 4 N–H and O–H groups in total. The summed E-state index contributed by atoms with van der Waals surface area (Å²) in [6.45, 7) is 4.45. The Labute approximate surface area is 132 Å². The Morgan fingerprint density at radius 3 is 2.78 bits per heavy atom. The van der Waals surface area contributed by atoms with Crippen molar-refractivity contribution in [3.63, 3.8) is 0 Å². The first-order valence-electron chi connectivity index (χ1n) is 7.19. The van der Waals surface area contributed by atoms with Crippen LogP contribution in [0.5, 0.6) is 5.75 Å². The average Bonchev–Trinajstić information content (AvgIpc) is 2.93. The second-order valence-electron chi connectivity index (χ2n) is 5.30. The lowest BCUT2D eigenvalue weighted by Gasteiger charge is -2.14. The number of aliphatic hydroxyl groups excluding tert-OH is 1. The normalized spacial score (nSPS) is 12.6. The average molecular weight is 313 g/mol. The van der Waals surface area contributed by atoms with Gasteiger partial charge in [-0.25, -0.2) is 0 Å². The predicted octanol–water partition coefficient (Wildman–Crippen LogP) is 1.83. The minimum absolute atomic E-state index is 0.0276. The van der Waals surface area contributed by atoms with Crippen LogP contribution < -0.4 is 10.9 Å². The van der Waals surface area contributed by atoms with E-state index in [0.29, 0.717) is 35.3 Å². The number of aromatic amines is 1. The second-order valence-corrected chi connectivity index (χ2v) is 5.30. The SMILES string of the molecule is [CH2]c1ccc(CNC[C@H](O)c2ccc(O)c3[nH]c(=O)ccc23)o1. The molecule has 1 aromatic carbocycles. The molecule has 1 atom stereocenters. The topological polar surface area (TPSA) is 98.5 Å². The molecule has 0 bridgehead atoms. The summed E-state index contributed by atoms with van der Waals surface area (Å²) >= 11 is 0. The fourth-order valence-corrected chi connectivity index (χ4v) is 2.51. The van der Waals surface area contributed by atoms with E-state index in [0.717, 1.165) is 5.76 Å². The number of fused-ring (bicyclic) bond motifs is 1. The third kappa shape index (κ3) is 3.28. The number of hydrogen-bond acceptors (Lipinski definition) is 5. The maximum Gasteiger partial charge on any atom is 0.248 e. The van der Waals surface area contributed by atoms with Gasteiger partial charge in [0, 0.05) is 24.9 Å². The summed E-state index contributed by atoms with van der Waals surface area (Å²) in [6.07, 6.45) is -0.793. The van der Waals surface area contributed by atoms with Crippen molar-refractivity contribution in [2.24, 2.45) is 0 Å². The highest BCUT2D eigenvalue weighted by Gasteiger charge is 2.14. The fraction of sp³-hybridized carbons (Fsp3) is 0.176. The van der Waals surface area contributed by atoms with Crippen LogP contribution in [0.3, 0.4) is 0 Å². The van der Waals surface area contributed by atoms with Crippen LogP contribution in [0.4, 0.5) is 0 Å². The number of phenolic OH excluding ortho intramolecular Hbond substituents is 1. The molecule has 23 heavy (non-hydrogen) atoms. The van der Waals surface area contributed by atoms with Crippen molar-refractivity contribution in [3.05, 3.63) is 70.8 Å². The van der Waals surface area contributed by atoms with Crippen LogP contribution in [0, 0.1) is 6.92 Å². The maximum absolute atomic E-state index is 11.4. The highest BCUT2D eigenvalue weighted by Crippen LogP contribution is 2.28. The largest absolute Gasteiger partial charge is 0.506 e. The molecule has 0 unspecified atom stereocenters. The van der Waals surface area contributed by atoms with Gasteiger partial charge in [-0.05, 0) is 29.8 Å². The van der Waals surface area contributed by atoms with Gasteiger partial charge in [0.2, 0.25) is 5.56 Å². The number of phenols is 1. The number of hydrogen-bond donors (Lipinski definition) is 4. The van der Waals surface area contributed by atoms with Crippen LogP contribution in [0.15, 0.2) is 45.6 Å². The van der Waals surface area contributed by atoms with Crippen LogP contribution in [-0.4, -0.2) is 21.7 Å². The van der Waals surface area contributed by atoms with Crippen LogP contribution in [0.2, 0.25) is 0 Å². The third-order valence-electron chi connectivity index (χ3n) is 3.62. The molecule has 0 aliphatic heterocycles. The smallest absolute Gasteiger partial charge is 0.248 e. The number of benzene rings is 1. The van der Waals surface area contributed by atoms with Gasteiger partial charge < -0.3 is 24.9 Å². The van der Waals surface area contributed by atoms with Crippen molar-refractivity contribution >= 4 is 10.9 Å². The molecule has 0 amide bonds. The van der Waals surface area contributed by atoms with Crippen LogP contribution in [0.1, 0.15) is 23.2 Å². The molecule has 1 radical (unpaired) electrons. The fourth-order valence-electron chi connectivity index (χ4n) is 2.51. The first kappa shape index (κ1) is 15.3. The molecule has 0 spiro atoms. The first-order chi connectivity index (χ1) is 11.0. The van der Waals surface area contributed by atoms with Gasteiger partial charge in [0.25, 0.3) is 0 Å². The quantitative estimate of drug-likeness (QED) is 0.576. The second kappa shape index (κ2) is 6.28. The number of aromatic hydroxyl groups is 1. The van der Waals surface area contributed by atoms with E-state index < -0.39 is 6.10 Å². The van der Waals surface area contributed by atoms with Gasteiger partial charge in [-0.2, -0.15) is 0 Å². The number of aliphatic hydroxyl groups is 1. The van der Waals surface area contributed by atoms with Crippen LogP contribution >= 0.6 is 0 Å². The van der Waals surface area contributed by atoms with Crippen molar-refractivity contribution in [1.29, 1.82) is 0 Å². The highest BCUT2D eigenvalue weighted by atomic mass is 16.3. The molecule has 2 heterocycles. The maximum atomic E-state index is 11.4. The minimum atomic E-state index is -0.793. The lowest BCUT2D eigenvalue weighted by Crippen LogP contribution is -2.21. The summed E-state index contributed by atoms with van der Waals surface area (Å²) in [5.41, 5.74) is 0.639. The molecule has 0 aliphatic carbocycles. The van der Waals surface area contributed by atoms with Gasteiger partial charge in [0.15, 0.2) is 0 Å². The molecule has 0 fully saturated rings. The molecule has 119 valence electrons. The Morgan fingerprint density at radius 1 is 1.22 bits per heavy atom. The molecular formula is C17H17N2O4. The van der Waals surface area contributed by atoms with Crippen molar-refractivity contribution in [2.75, 3.05) is 6.54 Å². The number of furan rings is 1. The summed E-state index contributed by atoms with van der Waals surface area (Å²) in [6, 6.07) is 9.65. The van der Waals surface area contributed by atoms with E-state index >= 15 is 0 Å². The van der Waals surface area contributed by atoms with Crippen molar-refractivity contribution in [1.82, 2.24) is 10.3 Å². The van der Waals surface area contributed by atoms with E-state index in [1.165, 1.54) is 12.1 Å².